The minimum atomic E-state index is -3.63. The molecule has 2 aromatic carbocycles. The van der Waals surface area contributed by atoms with E-state index in [9.17, 15) is 18.0 Å². The fourth-order valence-electron chi connectivity index (χ4n) is 3.16. The van der Waals surface area contributed by atoms with E-state index in [1.807, 2.05) is 32.0 Å². The van der Waals surface area contributed by atoms with Crippen molar-refractivity contribution >= 4 is 27.6 Å². The number of morpholine rings is 1. The lowest BCUT2D eigenvalue weighted by molar-refractivity contribution is -0.119. The first kappa shape index (κ1) is 21.9. The number of esters is 1. The molecule has 1 amide bonds. The molecule has 1 heterocycles. The number of nitrogens with one attached hydrogen (secondary N) is 1. The van der Waals surface area contributed by atoms with Gasteiger partial charge in [0.2, 0.25) is 10.0 Å². The maximum absolute atomic E-state index is 12.6. The molecule has 0 unspecified atom stereocenters. The Morgan fingerprint density at radius 3 is 2.23 bits per heavy atom. The molecule has 2 aromatic rings. The molecule has 0 saturated carbocycles. The minimum absolute atomic E-state index is 0.0912. The fraction of sp³-hybridized carbons (Fsp3) is 0.333. The van der Waals surface area contributed by atoms with Gasteiger partial charge in [0.15, 0.2) is 6.61 Å². The minimum Gasteiger partial charge on any atom is -0.452 e. The lowest BCUT2D eigenvalue weighted by atomic mass is 10.1. The van der Waals surface area contributed by atoms with Gasteiger partial charge >= 0.3 is 5.97 Å². The maximum atomic E-state index is 12.6. The second-order valence-electron chi connectivity index (χ2n) is 7.04. The molecular formula is C21H24N2O6S. The molecule has 0 atom stereocenters. The van der Waals surface area contributed by atoms with Gasteiger partial charge in [-0.2, -0.15) is 4.31 Å². The molecule has 1 fully saturated rings. The van der Waals surface area contributed by atoms with Crippen molar-refractivity contribution in [2.45, 2.75) is 18.7 Å². The van der Waals surface area contributed by atoms with Crippen LogP contribution in [0.25, 0.3) is 0 Å². The molecule has 0 radical (unpaired) electrons. The van der Waals surface area contributed by atoms with Gasteiger partial charge in [-0.15, -0.1) is 0 Å². The second-order valence-corrected chi connectivity index (χ2v) is 8.98. The van der Waals surface area contributed by atoms with E-state index in [1.165, 1.54) is 28.6 Å². The number of rotatable bonds is 6. The van der Waals surface area contributed by atoms with Crippen LogP contribution in [0.3, 0.4) is 0 Å². The van der Waals surface area contributed by atoms with E-state index in [0.717, 1.165) is 11.1 Å². The predicted octanol–water partition coefficient (Wildman–Crippen LogP) is 2.12. The Hall–Kier alpha value is -2.75. The van der Waals surface area contributed by atoms with E-state index >= 15 is 0 Å². The Balaban J connectivity index is 1.57. The highest BCUT2D eigenvalue weighted by atomic mass is 32.2. The molecular weight excluding hydrogens is 408 g/mol. The van der Waals surface area contributed by atoms with Crippen molar-refractivity contribution in [3.8, 4) is 0 Å². The molecule has 9 heteroatoms. The molecule has 1 saturated heterocycles. The summed E-state index contributed by atoms with van der Waals surface area (Å²) in [4.78, 5) is 24.3. The average Bonchev–Trinajstić information content (AvgIpc) is 2.72. The van der Waals surface area contributed by atoms with Crippen molar-refractivity contribution in [3.63, 3.8) is 0 Å². The van der Waals surface area contributed by atoms with Crippen molar-refractivity contribution in [1.82, 2.24) is 4.31 Å². The summed E-state index contributed by atoms with van der Waals surface area (Å²) in [7, 11) is -3.63. The van der Waals surface area contributed by atoms with Crippen LogP contribution in [0.2, 0.25) is 0 Å². The van der Waals surface area contributed by atoms with Gasteiger partial charge < -0.3 is 14.8 Å². The molecule has 0 spiro atoms. The summed E-state index contributed by atoms with van der Waals surface area (Å²) in [5.74, 6) is -1.17. The molecule has 0 bridgehead atoms. The Bertz CT molecular complexity index is 1010. The zero-order valence-corrected chi connectivity index (χ0v) is 17.7. The number of hydrogen-bond donors (Lipinski definition) is 1. The number of ether oxygens (including phenoxy) is 2. The van der Waals surface area contributed by atoms with Crippen LogP contribution in [0.15, 0.2) is 47.4 Å². The number of hydrogen-bond acceptors (Lipinski definition) is 6. The van der Waals surface area contributed by atoms with Gasteiger partial charge in [0.1, 0.15) is 0 Å². The van der Waals surface area contributed by atoms with Crippen LogP contribution in [0, 0.1) is 13.8 Å². The molecule has 160 valence electrons. The number of carbonyl (C=O) groups is 2. The number of aryl methyl sites for hydroxylation is 2. The highest BCUT2D eigenvalue weighted by Gasteiger charge is 2.26. The number of carbonyl (C=O) groups excluding carboxylic acids is 2. The van der Waals surface area contributed by atoms with Crippen LogP contribution < -0.4 is 5.32 Å². The Labute approximate surface area is 175 Å². The van der Waals surface area contributed by atoms with Gasteiger partial charge in [-0.1, -0.05) is 6.07 Å². The monoisotopic (exact) mass is 432 g/mol. The first-order valence-electron chi connectivity index (χ1n) is 9.49. The number of nitrogens with zero attached hydrogens (tertiary/aromatic N) is 1. The summed E-state index contributed by atoms with van der Waals surface area (Å²) in [5, 5.41) is 2.68. The number of benzene rings is 2. The SMILES string of the molecule is Cc1cc(C)cc(NC(=O)COC(=O)c2ccc(S(=O)(=O)N3CCOCC3)cc2)c1. The lowest BCUT2D eigenvalue weighted by Crippen LogP contribution is -2.40. The summed E-state index contributed by atoms with van der Waals surface area (Å²) in [6.07, 6.45) is 0. The smallest absolute Gasteiger partial charge is 0.338 e. The van der Waals surface area contributed by atoms with Crippen molar-refractivity contribution in [1.29, 1.82) is 0 Å². The third kappa shape index (κ3) is 5.44. The van der Waals surface area contributed by atoms with Gasteiger partial charge in [0.25, 0.3) is 5.91 Å². The molecule has 8 nitrogen and oxygen atoms in total. The van der Waals surface area contributed by atoms with Gasteiger partial charge in [-0.05, 0) is 61.4 Å². The topological polar surface area (TPSA) is 102 Å². The molecule has 0 aromatic heterocycles. The summed E-state index contributed by atoms with van der Waals surface area (Å²) >= 11 is 0. The zero-order valence-electron chi connectivity index (χ0n) is 16.9. The van der Waals surface area contributed by atoms with E-state index in [1.54, 1.807) is 0 Å². The quantitative estimate of drug-likeness (QED) is 0.702. The van der Waals surface area contributed by atoms with Gasteiger partial charge in [0, 0.05) is 18.8 Å². The fourth-order valence-corrected chi connectivity index (χ4v) is 4.57. The van der Waals surface area contributed by atoms with Gasteiger partial charge in [0.05, 0.1) is 23.7 Å². The van der Waals surface area contributed by atoms with Crippen molar-refractivity contribution in [2.24, 2.45) is 0 Å². The largest absolute Gasteiger partial charge is 0.452 e. The summed E-state index contributed by atoms with van der Waals surface area (Å²) in [6.45, 7) is 4.70. The summed E-state index contributed by atoms with van der Waals surface area (Å²) < 4.78 is 36.8. The van der Waals surface area contributed by atoms with Crippen LogP contribution in [-0.2, 0) is 24.3 Å². The molecule has 30 heavy (non-hydrogen) atoms. The second kappa shape index (κ2) is 9.38. The lowest BCUT2D eigenvalue weighted by Gasteiger charge is -2.26. The van der Waals surface area contributed by atoms with Crippen LogP contribution in [0.1, 0.15) is 21.5 Å². The number of anilines is 1. The van der Waals surface area contributed by atoms with Crippen molar-refractivity contribution in [2.75, 3.05) is 38.2 Å². The standard InChI is InChI=1S/C21H24N2O6S/c1-15-11-16(2)13-18(12-15)22-20(24)14-29-21(25)17-3-5-19(6-4-17)30(26,27)23-7-9-28-10-8-23/h3-6,11-13H,7-10,14H2,1-2H3,(H,22,24). The van der Waals surface area contributed by atoms with Crippen molar-refractivity contribution in [3.05, 3.63) is 59.2 Å². The van der Waals surface area contributed by atoms with Crippen LogP contribution in [-0.4, -0.2) is 57.5 Å². The maximum Gasteiger partial charge on any atom is 0.338 e. The van der Waals surface area contributed by atoms with Crippen molar-refractivity contribution < 1.29 is 27.5 Å². The Morgan fingerprint density at radius 1 is 1.03 bits per heavy atom. The number of sulfonamides is 1. The zero-order chi connectivity index (χ0) is 21.7. The third-order valence-electron chi connectivity index (χ3n) is 4.54. The molecule has 1 N–H and O–H groups in total. The van der Waals surface area contributed by atoms with E-state index < -0.39 is 28.5 Å². The van der Waals surface area contributed by atoms with E-state index in [4.69, 9.17) is 9.47 Å². The normalized spacial score (nSPS) is 14.9. The molecule has 0 aliphatic carbocycles. The molecule has 3 rings (SSSR count). The highest BCUT2D eigenvalue weighted by Crippen LogP contribution is 2.18. The highest BCUT2D eigenvalue weighted by molar-refractivity contribution is 7.89. The summed E-state index contributed by atoms with van der Waals surface area (Å²) in [6, 6.07) is 11.1. The summed E-state index contributed by atoms with van der Waals surface area (Å²) in [5.41, 5.74) is 2.81. The van der Waals surface area contributed by atoms with E-state index in [2.05, 4.69) is 5.32 Å². The third-order valence-corrected chi connectivity index (χ3v) is 6.45. The van der Waals surface area contributed by atoms with Crippen LogP contribution in [0.4, 0.5) is 5.69 Å². The van der Waals surface area contributed by atoms with E-state index in [-0.39, 0.29) is 10.5 Å². The Kier molecular flexibility index (Phi) is 6.86. The first-order chi connectivity index (χ1) is 14.3. The number of amides is 1. The van der Waals surface area contributed by atoms with Gasteiger partial charge in [-0.25, -0.2) is 13.2 Å². The molecule has 1 aliphatic heterocycles. The predicted molar refractivity (Wildman–Crippen MR) is 111 cm³/mol. The first-order valence-corrected chi connectivity index (χ1v) is 10.9. The van der Waals surface area contributed by atoms with Crippen LogP contribution >= 0.6 is 0 Å². The van der Waals surface area contributed by atoms with Crippen LogP contribution in [0.5, 0.6) is 0 Å². The van der Waals surface area contributed by atoms with E-state index in [0.29, 0.717) is 32.0 Å². The molecule has 1 aliphatic rings. The Morgan fingerprint density at radius 2 is 1.63 bits per heavy atom. The van der Waals surface area contributed by atoms with Gasteiger partial charge in [-0.3, -0.25) is 4.79 Å². The average molecular weight is 432 g/mol.